The highest BCUT2D eigenvalue weighted by atomic mass is 14.9. The first-order chi connectivity index (χ1) is 5.93. The molecule has 1 aromatic carbocycles. The van der Waals surface area contributed by atoms with Crippen molar-refractivity contribution in [2.24, 2.45) is 5.73 Å². The van der Waals surface area contributed by atoms with Crippen LogP contribution in [0.4, 0.5) is 0 Å². The van der Waals surface area contributed by atoms with Crippen LogP contribution < -0.4 is 11.1 Å². The van der Waals surface area contributed by atoms with E-state index in [4.69, 9.17) is 5.73 Å². The van der Waals surface area contributed by atoms with E-state index in [9.17, 15) is 0 Å². The summed E-state index contributed by atoms with van der Waals surface area (Å²) in [4.78, 5) is 0. The Morgan fingerprint density at radius 2 is 1.83 bits per heavy atom. The molecule has 0 radical (unpaired) electrons. The fourth-order valence-electron chi connectivity index (χ4n) is 1.10. The standard InChI is InChI=1S/C10H16N2/c11-7-9-12-8-6-10-4-2-1-3-5-10/h1-5,12H,6-9,11H2. The zero-order valence-electron chi connectivity index (χ0n) is 7.29. The van der Waals surface area contributed by atoms with Crippen molar-refractivity contribution in [3.05, 3.63) is 35.9 Å². The van der Waals surface area contributed by atoms with Crippen LogP contribution in [0.3, 0.4) is 0 Å². The highest BCUT2D eigenvalue weighted by Crippen LogP contribution is 1.97. The maximum absolute atomic E-state index is 5.35. The number of benzene rings is 1. The van der Waals surface area contributed by atoms with Gasteiger partial charge >= 0.3 is 0 Å². The van der Waals surface area contributed by atoms with Crippen LogP contribution in [0.15, 0.2) is 30.3 Å². The molecule has 0 aliphatic heterocycles. The van der Waals surface area contributed by atoms with E-state index in [1.165, 1.54) is 5.56 Å². The van der Waals surface area contributed by atoms with Crippen LogP contribution in [0.2, 0.25) is 0 Å². The summed E-state index contributed by atoms with van der Waals surface area (Å²) >= 11 is 0. The van der Waals surface area contributed by atoms with Crippen molar-refractivity contribution in [1.82, 2.24) is 5.32 Å². The lowest BCUT2D eigenvalue weighted by Gasteiger charge is -2.02. The SMILES string of the molecule is NCCNCCc1ccccc1. The summed E-state index contributed by atoms with van der Waals surface area (Å²) in [6.07, 6.45) is 1.08. The number of hydrogen-bond acceptors (Lipinski definition) is 2. The molecule has 0 heterocycles. The van der Waals surface area contributed by atoms with Gasteiger partial charge in [0.25, 0.3) is 0 Å². The molecule has 12 heavy (non-hydrogen) atoms. The molecule has 0 spiro atoms. The average molecular weight is 164 g/mol. The first kappa shape index (κ1) is 9.23. The van der Waals surface area contributed by atoms with Crippen molar-refractivity contribution < 1.29 is 0 Å². The Labute approximate surface area is 73.8 Å². The van der Waals surface area contributed by atoms with Gasteiger partial charge in [0.1, 0.15) is 0 Å². The Morgan fingerprint density at radius 1 is 1.08 bits per heavy atom. The molecule has 0 unspecified atom stereocenters. The van der Waals surface area contributed by atoms with Crippen molar-refractivity contribution in [3.63, 3.8) is 0 Å². The van der Waals surface area contributed by atoms with Crippen molar-refractivity contribution in [1.29, 1.82) is 0 Å². The molecule has 0 amide bonds. The molecule has 0 fully saturated rings. The number of nitrogens with one attached hydrogen (secondary N) is 1. The molecule has 0 saturated heterocycles. The molecule has 0 saturated carbocycles. The van der Waals surface area contributed by atoms with E-state index >= 15 is 0 Å². The molecule has 2 heteroatoms. The summed E-state index contributed by atoms with van der Waals surface area (Å²) in [6, 6.07) is 10.5. The zero-order chi connectivity index (χ0) is 8.65. The molecular formula is C10H16N2. The van der Waals surface area contributed by atoms with E-state index in [1.54, 1.807) is 0 Å². The van der Waals surface area contributed by atoms with Gasteiger partial charge in [0.2, 0.25) is 0 Å². The molecule has 0 aromatic heterocycles. The van der Waals surface area contributed by atoms with Gasteiger partial charge in [-0.3, -0.25) is 0 Å². The maximum atomic E-state index is 5.35. The quantitative estimate of drug-likeness (QED) is 0.631. The molecule has 0 aliphatic rings. The van der Waals surface area contributed by atoms with Gasteiger partial charge in [-0.15, -0.1) is 0 Å². The molecular weight excluding hydrogens is 148 g/mol. The largest absolute Gasteiger partial charge is 0.329 e. The predicted molar refractivity (Wildman–Crippen MR) is 52.1 cm³/mol. The van der Waals surface area contributed by atoms with Crippen molar-refractivity contribution in [2.45, 2.75) is 6.42 Å². The van der Waals surface area contributed by atoms with Crippen LogP contribution in [-0.2, 0) is 6.42 Å². The Morgan fingerprint density at radius 3 is 2.50 bits per heavy atom. The summed E-state index contributed by atoms with van der Waals surface area (Å²) < 4.78 is 0. The van der Waals surface area contributed by atoms with E-state index in [1.807, 2.05) is 6.07 Å². The molecule has 0 aliphatic carbocycles. The van der Waals surface area contributed by atoms with Crippen LogP contribution in [0, 0.1) is 0 Å². The molecule has 66 valence electrons. The van der Waals surface area contributed by atoms with Gasteiger partial charge in [-0.2, -0.15) is 0 Å². The maximum Gasteiger partial charge on any atom is 0.00746 e. The summed E-state index contributed by atoms with van der Waals surface area (Å²) in [5.74, 6) is 0. The van der Waals surface area contributed by atoms with Gasteiger partial charge in [-0.05, 0) is 18.5 Å². The Hall–Kier alpha value is -0.860. The summed E-state index contributed by atoms with van der Waals surface area (Å²) in [5, 5.41) is 3.26. The van der Waals surface area contributed by atoms with E-state index in [0.717, 1.165) is 26.1 Å². The predicted octanol–water partition coefficient (Wildman–Crippen LogP) is 0.777. The smallest absolute Gasteiger partial charge is 0.00746 e. The molecule has 0 atom stereocenters. The fraction of sp³-hybridized carbons (Fsp3) is 0.400. The third-order valence-corrected chi connectivity index (χ3v) is 1.75. The Balaban J connectivity index is 2.16. The summed E-state index contributed by atoms with van der Waals surface area (Å²) in [5.41, 5.74) is 6.72. The second kappa shape index (κ2) is 5.75. The first-order valence-corrected chi connectivity index (χ1v) is 4.38. The second-order valence-electron chi connectivity index (χ2n) is 2.77. The second-order valence-corrected chi connectivity index (χ2v) is 2.77. The minimum atomic E-state index is 0.717. The van der Waals surface area contributed by atoms with Gasteiger partial charge in [-0.25, -0.2) is 0 Å². The summed E-state index contributed by atoms with van der Waals surface area (Å²) in [6.45, 7) is 2.64. The van der Waals surface area contributed by atoms with E-state index < -0.39 is 0 Å². The number of hydrogen-bond donors (Lipinski definition) is 2. The fourth-order valence-corrected chi connectivity index (χ4v) is 1.10. The molecule has 1 rings (SSSR count). The van der Waals surface area contributed by atoms with Gasteiger partial charge in [0.15, 0.2) is 0 Å². The molecule has 0 bridgehead atoms. The van der Waals surface area contributed by atoms with Crippen LogP contribution in [0.1, 0.15) is 5.56 Å². The number of rotatable bonds is 5. The first-order valence-electron chi connectivity index (χ1n) is 4.38. The normalized spacial score (nSPS) is 10.1. The van der Waals surface area contributed by atoms with E-state index in [0.29, 0.717) is 0 Å². The zero-order valence-corrected chi connectivity index (χ0v) is 7.29. The lowest BCUT2D eigenvalue weighted by molar-refractivity contribution is 0.689. The lowest BCUT2D eigenvalue weighted by Crippen LogP contribution is -2.24. The topological polar surface area (TPSA) is 38.0 Å². The van der Waals surface area contributed by atoms with Crippen molar-refractivity contribution in [2.75, 3.05) is 19.6 Å². The number of nitrogens with two attached hydrogens (primary N) is 1. The molecule has 3 N–H and O–H groups in total. The van der Waals surface area contributed by atoms with Crippen molar-refractivity contribution >= 4 is 0 Å². The molecule has 1 aromatic rings. The third-order valence-electron chi connectivity index (χ3n) is 1.75. The Bertz CT molecular complexity index is 196. The van der Waals surface area contributed by atoms with Crippen LogP contribution in [0.25, 0.3) is 0 Å². The van der Waals surface area contributed by atoms with Gasteiger partial charge < -0.3 is 11.1 Å². The van der Waals surface area contributed by atoms with E-state index in [-0.39, 0.29) is 0 Å². The lowest BCUT2D eigenvalue weighted by atomic mass is 10.1. The monoisotopic (exact) mass is 164 g/mol. The third kappa shape index (κ3) is 3.51. The average Bonchev–Trinajstić information content (AvgIpc) is 2.14. The van der Waals surface area contributed by atoms with E-state index in [2.05, 4.69) is 29.6 Å². The van der Waals surface area contributed by atoms with Gasteiger partial charge in [0, 0.05) is 13.1 Å². The van der Waals surface area contributed by atoms with Crippen LogP contribution >= 0.6 is 0 Å². The minimum absolute atomic E-state index is 0.717. The highest BCUT2D eigenvalue weighted by Gasteiger charge is 1.89. The molecule has 2 nitrogen and oxygen atoms in total. The highest BCUT2D eigenvalue weighted by molar-refractivity contribution is 5.14. The Kier molecular flexibility index (Phi) is 4.42. The van der Waals surface area contributed by atoms with Crippen molar-refractivity contribution in [3.8, 4) is 0 Å². The van der Waals surface area contributed by atoms with Gasteiger partial charge in [0.05, 0.1) is 0 Å². The summed E-state index contributed by atoms with van der Waals surface area (Å²) in [7, 11) is 0. The van der Waals surface area contributed by atoms with Gasteiger partial charge in [-0.1, -0.05) is 30.3 Å². The van der Waals surface area contributed by atoms with Crippen LogP contribution in [-0.4, -0.2) is 19.6 Å². The minimum Gasteiger partial charge on any atom is -0.329 e. The van der Waals surface area contributed by atoms with Crippen LogP contribution in [0.5, 0.6) is 0 Å².